The molecule has 0 aliphatic rings. The molecule has 2 unspecified atom stereocenters. The molecule has 0 bridgehead atoms. The van der Waals surface area contributed by atoms with Crippen molar-refractivity contribution in [2.75, 3.05) is 27.9 Å². The minimum absolute atomic E-state index is 0.124. The molecule has 1 aromatic carbocycles. The second-order valence-corrected chi connectivity index (χ2v) is 4.48. The lowest BCUT2D eigenvalue weighted by Gasteiger charge is -2.21. The highest BCUT2D eigenvalue weighted by Crippen LogP contribution is 2.35. The summed E-state index contributed by atoms with van der Waals surface area (Å²) in [6.45, 7) is 2.82. The van der Waals surface area contributed by atoms with E-state index in [1.54, 1.807) is 21.3 Å². The highest BCUT2D eigenvalue weighted by molar-refractivity contribution is 5.46. The predicted molar refractivity (Wildman–Crippen MR) is 72.1 cm³/mol. The van der Waals surface area contributed by atoms with Crippen LogP contribution in [0.15, 0.2) is 18.2 Å². The van der Waals surface area contributed by atoms with Gasteiger partial charge >= 0.3 is 0 Å². The topological polar surface area (TPSA) is 53.7 Å². The van der Waals surface area contributed by atoms with Crippen LogP contribution in [0.3, 0.4) is 0 Å². The van der Waals surface area contributed by atoms with E-state index in [1.165, 1.54) is 0 Å². The Morgan fingerprint density at radius 3 is 2.11 bits per heavy atom. The fourth-order valence-electron chi connectivity index (χ4n) is 2.15. The second kappa shape index (κ2) is 7.24. The van der Waals surface area contributed by atoms with Gasteiger partial charge in [0.05, 0.1) is 19.8 Å². The van der Waals surface area contributed by atoms with Crippen LogP contribution in [0.5, 0.6) is 11.5 Å². The van der Waals surface area contributed by atoms with Crippen LogP contribution < -0.4 is 15.2 Å². The molecule has 0 aromatic heterocycles. The van der Waals surface area contributed by atoms with Gasteiger partial charge in [0.1, 0.15) is 11.5 Å². The molecule has 0 spiro atoms. The molecule has 4 heteroatoms. The van der Waals surface area contributed by atoms with Crippen molar-refractivity contribution in [3.8, 4) is 11.5 Å². The number of hydrogen-bond acceptors (Lipinski definition) is 4. The summed E-state index contributed by atoms with van der Waals surface area (Å²) in [5.74, 6) is 1.93. The molecule has 4 nitrogen and oxygen atoms in total. The number of nitrogens with two attached hydrogens (primary N) is 1. The molecule has 0 aliphatic heterocycles. The highest BCUT2D eigenvalue weighted by Gasteiger charge is 2.19. The van der Waals surface area contributed by atoms with Crippen molar-refractivity contribution in [1.29, 1.82) is 0 Å². The van der Waals surface area contributed by atoms with Gasteiger partial charge in [0.15, 0.2) is 0 Å². The summed E-state index contributed by atoms with van der Waals surface area (Å²) >= 11 is 0. The number of methoxy groups -OCH3 is 3. The quantitative estimate of drug-likeness (QED) is 0.810. The van der Waals surface area contributed by atoms with Gasteiger partial charge in [0.25, 0.3) is 0 Å². The normalized spacial score (nSPS) is 14.1. The molecule has 0 radical (unpaired) electrons. The predicted octanol–water partition coefficient (Wildman–Crippen LogP) is 2.38. The van der Waals surface area contributed by atoms with Crippen molar-refractivity contribution in [3.63, 3.8) is 0 Å². The number of hydrogen-bond donors (Lipinski definition) is 1. The summed E-state index contributed by atoms with van der Waals surface area (Å²) in [5, 5.41) is 0. The van der Waals surface area contributed by atoms with E-state index in [1.807, 2.05) is 18.2 Å². The van der Waals surface area contributed by atoms with E-state index >= 15 is 0 Å². The molecule has 1 rings (SSSR count). The third kappa shape index (κ3) is 3.62. The van der Waals surface area contributed by atoms with Crippen molar-refractivity contribution < 1.29 is 14.2 Å². The average molecular weight is 253 g/mol. The van der Waals surface area contributed by atoms with Gasteiger partial charge in [-0.1, -0.05) is 13.0 Å². The molecule has 0 saturated heterocycles. The van der Waals surface area contributed by atoms with Crippen molar-refractivity contribution in [1.82, 2.24) is 0 Å². The molecule has 0 saturated carbocycles. The first-order valence-corrected chi connectivity index (χ1v) is 6.09. The van der Waals surface area contributed by atoms with Gasteiger partial charge in [-0.25, -0.2) is 0 Å². The minimum Gasteiger partial charge on any atom is -0.496 e. The van der Waals surface area contributed by atoms with E-state index in [0.717, 1.165) is 23.5 Å². The third-order valence-corrected chi connectivity index (χ3v) is 2.94. The zero-order valence-corrected chi connectivity index (χ0v) is 11.6. The maximum absolute atomic E-state index is 6.26. The van der Waals surface area contributed by atoms with Crippen LogP contribution in [0, 0.1) is 5.92 Å². The molecule has 0 fully saturated rings. The molecule has 0 amide bonds. The summed E-state index contributed by atoms with van der Waals surface area (Å²) in [4.78, 5) is 0. The van der Waals surface area contributed by atoms with E-state index in [-0.39, 0.29) is 6.04 Å². The minimum atomic E-state index is -0.124. The van der Waals surface area contributed by atoms with Crippen molar-refractivity contribution >= 4 is 0 Å². The fourth-order valence-corrected chi connectivity index (χ4v) is 2.15. The van der Waals surface area contributed by atoms with Crippen LogP contribution in [0.25, 0.3) is 0 Å². The Labute approximate surface area is 109 Å². The fraction of sp³-hybridized carbons (Fsp3) is 0.571. The maximum Gasteiger partial charge on any atom is 0.127 e. The largest absolute Gasteiger partial charge is 0.496 e. The molecular weight excluding hydrogens is 230 g/mol. The molecule has 102 valence electrons. The van der Waals surface area contributed by atoms with E-state index in [9.17, 15) is 0 Å². The van der Waals surface area contributed by atoms with Gasteiger partial charge < -0.3 is 19.9 Å². The Morgan fingerprint density at radius 2 is 1.67 bits per heavy atom. The molecule has 1 aromatic rings. The third-order valence-electron chi connectivity index (χ3n) is 2.94. The van der Waals surface area contributed by atoms with Crippen LogP contribution in [0.4, 0.5) is 0 Å². The van der Waals surface area contributed by atoms with E-state index < -0.39 is 0 Å². The summed E-state index contributed by atoms with van der Waals surface area (Å²) in [5.41, 5.74) is 7.19. The van der Waals surface area contributed by atoms with Gasteiger partial charge in [0, 0.05) is 19.8 Å². The molecule has 2 atom stereocenters. The Morgan fingerprint density at radius 1 is 1.11 bits per heavy atom. The zero-order valence-electron chi connectivity index (χ0n) is 11.6. The van der Waals surface area contributed by atoms with Gasteiger partial charge in [-0.3, -0.25) is 0 Å². The number of rotatable bonds is 7. The Balaban J connectivity index is 2.92. The molecule has 0 aliphatic carbocycles. The Kier molecular flexibility index (Phi) is 5.95. The maximum atomic E-state index is 6.26. The summed E-state index contributed by atoms with van der Waals surface area (Å²) in [6, 6.07) is 5.57. The smallest absolute Gasteiger partial charge is 0.127 e. The summed E-state index contributed by atoms with van der Waals surface area (Å²) in [6.07, 6.45) is 0.824. The molecular formula is C14H23NO3. The Bertz CT molecular complexity index is 346. The lowest BCUT2D eigenvalue weighted by Crippen LogP contribution is -2.18. The number of benzene rings is 1. The average Bonchev–Trinajstić information content (AvgIpc) is 2.37. The van der Waals surface area contributed by atoms with Crippen molar-refractivity contribution in [2.24, 2.45) is 11.7 Å². The van der Waals surface area contributed by atoms with Crippen LogP contribution >= 0.6 is 0 Å². The zero-order chi connectivity index (χ0) is 13.5. The van der Waals surface area contributed by atoms with Gasteiger partial charge in [0.2, 0.25) is 0 Å². The van der Waals surface area contributed by atoms with Crippen LogP contribution in [0.2, 0.25) is 0 Å². The molecule has 18 heavy (non-hydrogen) atoms. The number of ether oxygens (including phenoxy) is 3. The molecule has 2 N–H and O–H groups in total. The van der Waals surface area contributed by atoms with E-state index in [0.29, 0.717) is 12.5 Å². The Hall–Kier alpha value is -1.26. The van der Waals surface area contributed by atoms with E-state index in [4.69, 9.17) is 19.9 Å². The van der Waals surface area contributed by atoms with Gasteiger partial charge in [-0.15, -0.1) is 0 Å². The monoisotopic (exact) mass is 253 g/mol. The van der Waals surface area contributed by atoms with E-state index in [2.05, 4.69) is 6.92 Å². The SMILES string of the molecule is COCC(C)CC(N)c1c(OC)cccc1OC. The van der Waals surface area contributed by atoms with Crippen LogP contribution in [-0.2, 0) is 4.74 Å². The van der Waals surface area contributed by atoms with Crippen LogP contribution in [0.1, 0.15) is 24.9 Å². The second-order valence-electron chi connectivity index (χ2n) is 4.48. The van der Waals surface area contributed by atoms with Gasteiger partial charge in [-0.2, -0.15) is 0 Å². The van der Waals surface area contributed by atoms with Crippen LogP contribution in [-0.4, -0.2) is 27.9 Å². The van der Waals surface area contributed by atoms with Crippen molar-refractivity contribution in [2.45, 2.75) is 19.4 Å². The first-order chi connectivity index (χ1) is 8.63. The lowest BCUT2D eigenvalue weighted by atomic mass is 9.95. The van der Waals surface area contributed by atoms with Gasteiger partial charge in [-0.05, 0) is 24.5 Å². The first-order valence-electron chi connectivity index (χ1n) is 6.09. The molecule has 0 heterocycles. The lowest BCUT2D eigenvalue weighted by molar-refractivity contribution is 0.151. The first kappa shape index (κ1) is 14.8. The summed E-state index contributed by atoms with van der Waals surface area (Å²) in [7, 11) is 4.98. The standard InChI is InChI=1S/C14H23NO3/c1-10(9-16-2)8-11(15)14-12(17-3)6-5-7-13(14)18-4/h5-7,10-11H,8-9,15H2,1-4H3. The summed E-state index contributed by atoms with van der Waals surface area (Å²) < 4.78 is 15.9. The highest BCUT2D eigenvalue weighted by atomic mass is 16.5. The van der Waals surface area contributed by atoms with Crippen molar-refractivity contribution in [3.05, 3.63) is 23.8 Å².